The van der Waals surface area contributed by atoms with Crippen LogP contribution >= 0.6 is 0 Å². The van der Waals surface area contributed by atoms with E-state index < -0.39 is 23.8 Å². The van der Waals surface area contributed by atoms with E-state index in [-0.39, 0.29) is 17.3 Å². The van der Waals surface area contributed by atoms with Crippen molar-refractivity contribution in [2.75, 3.05) is 25.5 Å². The highest BCUT2D eigenvalue weighted by Gasteiger charge is 2.27. The summed E-state index contributed by atoms with van der Waals surface area (Å²) in [7, 11) is 3.80. The van der Waals surface area contributed by atoms with Crippen LogP contribution in [0.4, 0.5) is 19.0 Å². The van der Waals surface area contributed by atoms with E-state index in [9.17, 15) is 18.0 Å². The van der Waals surface area contributed by atoms with Crippen LogP contribution in [0.25, 0.3) is 21.8 Å². The van der Waals surface area contributed by atoms with Gasteiger partial charge < -0.3 is 10.2 Å². The van der Waals surface area contributed by atoms with Crippen molar-refractivity contribution >= 4 is 27.6 Å². The Labute approximate surface area is 200 Å². The van der Waals surface area contributed by atoms with Crippen LogP contribution < -0.4 is 11.0 Å². The van der Waals surface area contributed by atoms with Gasteiger partial charge in [-0.2, -0.15) is 5.10 Å². The van der Waals surface area contributed by atoms with E-state index in [1.165, 1.54) is 12.1 Å². The molecule has 2 atom stereocenters. The van der Waals surface area contributed by atoms with Gasteiger partial charge in [0, 0.05) is 29.9 Å². The number of fused-ring (bicyclic) bond motifs is 2. The van der Waals surface area contributed by atoms with Crippen molar-refractivity contribution in [2.45, 2.75) is 38.8 Å². The summed E-state index contributed by atoms with van der Waals surface area (Å²) in [5.41, 5.74) is 1.68. The number of aryl methyl sites for hydroxylation is 2. The number of benzene rings is 2. The average molecular weight is 485 g/mol. The number of imidazole rings is 1. The molecule has 1 fully saturated rings. The minimum Gasteiger partial charge on any atom is -0.361 e. The maximum atomic E-state index is 14.8. The van der Waals surface area contributed by atoms with Gasteiger partial charge in [-0.15, -0.1) is 5.10 Å². The molecule has 1 N–H and O–H groups in total. The Morgan fingerprint density at radius 1 is 1.09 bits per heavy atom. The Morgan fingerprint density at radius 2 is 1.80 bits per heavy atom. The van der Waals surface area contributed by atoms with Crippen LogP contribution in [0.15, 0.2) is 35.1 Å². The number of hydrogen-bond donors (Lipinski definition) is 1. The minimum atomic E-state index is -2.90. The van der Waals surface area contributed by atoms with Gasteiger partial charge in [0.1, 0.15) is 5.82 Å². The molecule has 0 saturated carbocycles. The van der Waals surface area contributed by atoms with E-state index in [2.05, 4.69) is 20.4 Å². The first kappa shape index (κ1) is 23.3. The van der Waals surface area contributed by atoms with Gasteiger partial charge in [0.2, 0.25) is 0 Å². The van der Waals surface area contributed by atoms with Gasteiger partial charge in [-0.05, 0) is 46.0 Å². The average Bonchev–Trinajstić information content (AvgIpc) is 3.35. The van der Waals surface area contributed by atoms with Crippen molar-refractivity contribution in [3.8, 4) is 0 Å². The maximum absolute atomic E-state index is 14.8. The smallest absolute Gasteiger partial charge is 0.329 e. The third-order valence-electron chi connectivity index (χ3n) is 7.02. The Morgan fingerprint density at radius 3 is 2.49 bits per heavy atom. The molecule has 2 aromatic carbocycles. The summed E-state index contributed by atoms with van der Waals surface area (Å²) in [4.78, 5) is 15.4. The molecule has 1 aliphatic heterocycles. The van der Waals surface area contributed by atoms with Gasteiger partial charge in [0.15, 0.2) is 5.82 Å². The first-order valence-electron chi connectivity index (χ1n) is 11.6. The van der Waals surface area contributed by atoms with E-state index in [1.807, 2.05) is 30.7 Å². The zero-order chi connectivity index (χ0) is 25.0. The van der Waals surface area contributed by atoms with Gasteiger partial charge in [0.25, 0.3) is 6.43 Å². The quantitative estimate of drug-likeness (QED) is 0.444. The zero-order valence-electron chi connectivity index (χ0n) is 20.0. The number of nitrogens with zero attached hydrogens (tertiary/aromatic N) is 5. The fourth-order valence-corrected chi connectivity index (χ4v) is 5.07. The summed E-state index contributed by atoms with van der Waals surface area (Å²) in [5, 5.41) is 13.2. The van der Waals surface area contributed by atoms with Crippen molar-refractivity contribution in [1.82, 2.24) is 24.2 Å². The summed E-state index contributed by atoms with van der Waals surface area (Å²) in [6.45, 7) is 5.22. The topological polar surface area (TPSA) is 68.0 Å². The summed E-state index contributed by atoms with van der Waals surface area (Å²) in [6.07, 6.45) is -2.02. The molecule has 0 radical (unpaired) electrons. The molecule has 0 spiro atoms. The zero-order valence-corrected chi connectivity index (χ0v) is 20.0. The normalized spacial score (nSPS) is 17.7. The van der Waals surface area contributed by atoms with Crippen molar-refractivity contribution in [1.29, 1.82) is 0 Å². The van der Waals surface area contributed by atoms with Gasteiger partial charge >= 0.3 is 5.69 Å². The summed E-state index contributed by atoms with van der Waals surface area (Å²) >= 11 is 0. The number of likely N-dealkylation sites (N-methyl/N-ethyl adjacent to an activating group) is 1. The van der Waals surface area contributed by atoms with E-state index in [1.54, 1.807) is 18.5 Å². The standard InChI is InChI=1S/C25H27F3N6O/c1-13(16-6-5-7-17(22(16)26)23(27)28)29-24-19-11-21-20(10-18(19)14(2)30-31-24)33(4)25(35)34(21)15-8-9-32(3)12-15/h5-7,10-11,13,15,23H,8-9,12H2,1-4H3,(H,29,31). The summed E-state index contributed by atoms with van der Waals surface area (Å²) in [6, 6.07) is 7.25. The van der Waals surface area contributed by atoms with Crippen LogP contribution in [-0.2, 0) is 7.05 Å². The lowest BCUT2D eigenvalue weighted by Gasteiger charge is -2.19. The fourth-order valence-electron chi connectivity index (χ4n) is 5.07. The number of rotatable bonds is 5. The molecule has 184 valence electrons. The second-order valence-electron chi connectivity index (χ2n) is 9.35. The molecule has 0 bridgehead atoms. The molecular formula is C25H27F3N6O. The fraction of sp³-hybridized carbons (Fsp3) is 0.400. The molecule has 10 heteroatoms. The number of hydrogen-bond acceptors (Lipinski definition) is 5. The molecule has 0 aliphatic carbocycles. The molecule has 1 saturated heterocycles. The van der Waals surface area contributed by atoms with Crippen molar-refractivity contribution in [3.63, 3.8) is 0 Å². The molecule has 1 aliphatic rings. The molecule has 5 rings (SSSR count). The third-order valence-corrected chi connectivity index (χ3v) is 7.02. The third kappa shape index (κ3) is 3.85. The molecule has 4 aromatic rings. The van der Waals surface area contributed by atoms with E-state index in [0.717, 1.165) is 47.4 Å². The lowest BCUT2D eigenvalue weighted by atomic mass is 10.0. The van der Waals surface area contributed by atoms with E-state index >= 15 is 0 Å². The number of likely N-dealkylation sites (tertiary alicyclic amines) is 1. The van der Waals surface area contributed by atoms with Gasteiger partial charge in [-0.3, -0.25) is 9.13 Å². The first-order valence-corrected chi connectivity index (χ1v) is 11.6. The van der Waals surface area contributed by atoms with Gasteiger partial charge in [-0.1, -0.05) is 18.2 Å². The van der Waals surface area contributed by atoms with Crippen LogP contribution in [0.2, 0.25) is 0 Å². The van der Waals surface area contributed by atoms with E-state index in [0.29, 0.717) is 11.5 Å². The molecule has 2 unspecified atom stereocenters. The molecular weight excluding hydrogens is 457 g/mol. The number of nitrogens with one attached hydrogen (secondary N) is 1. The molecule has 0 amide bonds. The van der Waals surface area contributed by atoms with Crippen molar-refractivity contribution < 1.29 is 13.2 Å². The van der Waals surface area contributed by atoms with Crippen LogP contribution in [-0.4, -0.2) is 44.4 Å². The lowest BCUT2D eigenvalue weighted by Crippen LogP contribution is -2.27. The van der Waals surface area contributed by atoms with Gasteiger partial charge in [-0.25, -0.2) is 18.0 Å². The highest BCUT2D eigenvalue weighted by molar-refractivity contribution is 6.01. The van der Waals surface area contributed by atoms with Crippen molar-refractivity contribution in [3.05, 3.63) is 63.5 Å². The van der Waals surface area contributed by atoms with Gasteiger partial charge in [0.05, 0.1) is 34.4 Å². The molecule has 3 heterocycles. The summed E-state index contributed by atoms with van der Waals surface area (Å²) in [5.74, 6) is -0.537. The first-order chi connectivity index (χ1) is 16.7. The number of alkyl halides is 2. The molecule has 7 nitrogen and oxygen atoms in total. The molecule has 2 aromatic heterocycles. The highest BCUT2D eigenvalue weighted by Crippen LogP contribution is 2.33. The summed E-state index contributed by atoms with van der Waals surface area (Å²) < 4.78 is 44.7. The van der Waals surface area contributed by atoms with Crippen LogP contribution in [0.1, 0.15) is 48.7 Å². The Bertz CT molecular complexity index is 1490. The number of halogens is 3. The monoisotopic (exact) mass is 484 g/mol. The number of anilines is 1. The van der Waals surface area contributed by atoms with Crippen LogP contribution in [0.3, 0.4) is 0 Å². The lowest BCUT2D eigenvalue weighted by molar-refractivity contribution is 0.146. The Balaban J connectivity index is 1.64. The molecule has 35 heavy (non-hydrogen) atoms. The van der Waals surface area contributed by atoms with Crippen molar-refractivity contribution in [2.24, 2.45) is 7.05 Å². The highest BCUT2D eigenvalue weighted by atomic mass is 19.3. The predicted octanol–water partition coefficient (Wildman–Crippen LogP) is 4.72. The van der Waals surface area contributed by atoms with Crippen LogP contribution in [0.5, 0.6) is 0 Å². The Hall–Kier alpha value is -3.40. The number of aromatic nitrogens is 4. The SMILES string of the molecule is Cc1nnc(NC(C)c2cccc(C(F)F)c2F)c2cc3c(cc12)n(C)c(=O)n3C1CCN(C)C1. The van der Waals surface area contributed by atoms with Crippen LogP contribution in [0, 0.1) is 12.7 Å². The minimum absolute atomic E-state index is 0.0612. The Kier molecular flexibility index (Phi) is 5.79. The van der Waals surface area contributed by atoms with E-state index in [4.69, 9.17) is 0 Å². The second kappa shape index (κ2) is 8.67. The predicted molar refractivity (Wildman–Crippen MR) is 130 cm³/mol. The maximum Gasteiger partial charge on any atom is 0.329 e. The largest absolute Gasteiger partial charge is 0.361 e. The second-order valence-corrected chi connectivity index (χ2v) is 9.35.